The molecule has 20 heavy (non-hydrogen) atoms. The van der Waals surface area contributed by atoms with Crippen molar-refractivity contribution in [3.63, 3.8) is 0 Å². The maximum Gasteiger partial charge on any atom is 0.339 e. The molecule has 3 rings (SSSR count). The van der Waals surface area contributed by atoms with Crippen LogP contribution in [0.25, 0.3) is 0 Å². The van der Waals surface area contributed by atoms with Crippen molar-refractivity contribution in [1.29, 1.82) is 0 Å². The highest BCUT2D eigenvalue weighted by Crippen LogP contribution is 2.64. The van der Waals surface area contributed by atoms with Gasteiger partial charge in [0.1, 0.15) is 5.00 Å². The van der Waals surface area contributed by atoms with E-state index in [0.29, 0.717) is 5.56 Å². The minimum Gasteiger partial charge on any atom is -0.478 e. The Kier molecular flexibility index (Phi) is 2.46. The van der Waals surface area contributed by atoms with Crippen molar-refractivity contribution in [2.45, 2.75) is 27.7 Å². The lowest BCUT2D eigenvalue weighted by Gasteiger charge is -2.19. The number of fused-ring (bicyclic) bond motifs is 1. The fourth-order valence-electron chi connectivity index (χ4n) is 3.16. The van der Waals surface area contributed by atoms with Gasteiger partial charge in [-0.05, 0) is 24.8 Å². The number of carbonyl (C=O) groups is 3. The number of nitrogens with zero attached hydrogens (tertiary/aromatic N) is 1. The zero-order valence-corrected chi connectivity index (χ0v) is 12.5. The predicted molar refractivity (Wildman–Crippen MR) is 74.0 cm³/mol. The van der Waals surface area contributed by atoms with Crippen LogP contribution in [0.4, 0.5) is 5.00 Å². The molecule has 2 aliphatic rings. The van der Waals surface area contributed by atoms with Crippen LogP contribution in [0.5, 0.6) is 0 Å². The van der Waals surface area contributed by atoms with Gasteiger partial charge < -0.3 is 5.11 Å². The summed E-state index contributed by atoms with van der Waals surface area (Å²) in [7, 11) is 0. The maximum absolute atomic E-state index is 12.4. The van der Waals surface area contributed by atoms with Crippen molar-refractivity contribution in [1.82, 2.24) is 0 Å². The molecule has 2 amide bonds. The molecule has 1 aliphatic carbocycles. The zero-order valence-electron chi connectivity index (χ0n) is 11.7. The molecule has 2 atom stereocenters. The molecule has 2 heterocycles. The van der Waals surface area contributed by atoms with E-state index in [1.54, 1.807) is 13.8 Å². The molecule has 1 saturated carbocycles. The van der Waals surface area contributed by atoms with Crippen LogP contribution >= 0.6 is 11.3 Å². The number of hydrogen-bond acceptors (Lipinski definition) is 4. The first-order valence-electron chi connectivity index (χ1n) is 6.40. The van der Waals surface area contributed by atoms with E-state index in [1.807, 2.05) is 13.8 Å². The number of anilines is 1. The maximum atomic E-state index is 12.4. The number of carbonyl (C=O) groups excluding carboxylic acids is 2. The van der Waals surface area contributed by atoms with Crippen LogP contribution in [0.15, 0.2) is 0 Å². The molecule has 106 valence electrons. The molecule has 0 bridgehead atoms. The summed E-state index contributed by atoms with van der Waals surface area (Å²) in [4.78, 5) is 38.1. The highest BCUT2D eigenvalue weighted by Gasteiger charge is 2.73. The number of piperidine rings is 1. The average Bonchev–Trinajstić information content (AvgIpc) is 2.60. The molecule has 1 aromatic rings. The van der Waals surface area contributed by atoms with E-state index in [-0.39, 0.29) is 39.6 Å². The molecular formula is C14H15NO4S. The van der Waals surface area contributed by atoms with E-state index >= 15 is 0 Å². The largest absolute Gasteiger partial charge is 0.478 e. The van der Waals surface area contributed by atoms with E-state index in [4.69, 9.17) is 0 Å². The second-order valence-electron chi connectivity index (χ2n) is 6.06. The van der Waals surface area contributed by atoms with Crippen molar-refractivity contribution in [3.05, 3.63) is 16.0 Å². The van der Waals surface area contributed by atoms with Crippen LogP contribution in [0, 0.1) is 31.1 Å². The molecule has 2 fully saturated rings. The van der Waals surface area contributed by atoms with Crippen LogP contribution in [0.2, 0.25) is 0 Å². The minimum atomic E-state index is -1.10. The van der Waals surface area contributed by atoms with Crippen molar-refractivity contribution in [2.75, 3.05) is 4.90 Å². The standard InChI is InChI=1S/C14H15NO4S/c1-5-6(2)20-12(7(5)13(18)19)15-10(16)8-9(11(15)17)14(8,3)4/h8-9H,1-4H3,(H,18,19). The highest BCUT2D eigenvalue weighted by molar-refractivity contribution is 7.17. The highest BCUT2D eigenvalue weighted by atomic mass is 32.1. The Morgan fingerprint density at radius 1 is 1.20 bits per heavy atom. The summed E-state index contributed by atoms with van der Waals surface area (Å²) in [5.41, 5.74) is 0.418. The zero-order chi connectivity index (χ0) is 15.0. The summed E-state index contributed by atoms with van der Waals surface area (Å²) >= 11 is 1.20. The molecule has 0 aromatic carbocycles. The number of thiophene rings is 1. The quantitative estimate of drug-likeness (QED) is 0.848. The molecule has 1 aliphatic heterocycles. The predicted octanol–water partition coefficient (Wildman–Crippen LogP) is 2.21. The van der Waals surface area contributed by atoms with Gasteiger partial charge >= 0.3 is 5.97 Å². The molecule has 1 saturated heterocycles. The van der Waals surface area contributed by atoms with Crippen LogP contribution in [-0.2, 0) is 9.59 Å². The third kappa shape index (κ3) is 1.40. The molecule has 1 aromatic heterocycles. The summed E-state index contributed by atoms with van der Waals surface area (Å²) in [6, 6.07) is 0. The fourth-order valence-corrected chi connectivity index (χ4v) is 4.32. The van der Waals surface area contributed by atoms with Gasteiger partial charge in [0, 0.05) is 4.88 Å². The van der Waals surface area contributed by atoms with E-state index in [1.165, 1.54) is 11.3 Å². The smallest absolute Gasteiger partial charge is 0.339 e. The first-order chi connectivity index (χ1) is 9.19. The Balaban J connectivity index is 2.09. The first kappa shape index (κ1) is 13.3. The van der Waals surface area contributed by atoms with Gasteiger partial charge in [0.15, 0.2) is 0 Å². The monoisotopic (exact) mass is 293 g/mol. The van der Waals surface area contributed by atoms with Crippen LogP contribution < -0.4 is 4.90 Å². The Morgan fingerprint density at radius 2 is 1.70 bits per heavy atom. The first-order valence-corrected chi connectivity index (χ1v) is 7.22. The number of amides is 2. The van der Waals surface area contributed by atoms with E-state index < -0.39 is 5.97 Å². The Morgan fingerprint density at radius 3 is 2.15 bits per heavy atom. The second kappa shape index (κ2) is 3.69. The van der Waals surface area contributed by atoms with E-state index in [9.17, 15) is 19.5 Å². The summed E-state index contributed by atoms with van der Waals surface area (Å²) < 4.78 is 0. The van der Waals surface area contributed by atoms with Gasteiger partial charge in [-0.15, -0.1) is 11.3 Å². The summed E-state index contributed by atoms with van der Waals surface area (Å²) in [6.07, 6.45) is 0. The number of aryl methyl sites for hydroxylation is 1. The molecule has 1 N–H and O–H groups in total. The summed E-state index contributed by atoms with van der Waals surface area (Å²) in [5, 5.41) is 9.60. The minimum absolute atomic E-state index is 0.0771. The number of carboxylic acid groups (broad SMARTS) is 1. The summed E-state index contributed by atoms with van der Waals surface area (Å²) in [5.74, 6) is -2.19. The number of rotatable bonds is 2. The number of imide groups is 1. The normalized spacial score (nSPS) is 26.9. The lowest BCUT2D eigenvalue weighted by molar-refractivity contribution is -0.125. The van der Waals surface area contributed by atoms with Gasteiger partial charge in [0.05, 0.1) is 17.4 Å². The van der Waals surface area contributed by atoms with Crippen LogP contribution in [0.1, 0.15) is 34.6 Å². The Hall–Kier alpha value is -1.69. The third-order valence-electron chi connectivity index (χ3n) is 4.58. The molecular weight excluding hydrogens is 278 g/mol. The fraction of sp³-hybridized carbons (Fsp3) is 0.500. The lowest BCUT2D eigenvalue weighted by atomic mass is 10.1. The Bertz CT molecular complexity index is 649. The van der Waals surface area contributed by atoms with Crippen molar-refractivity contribution >= 4 is 34.1 Å². The van der Waals surface area contributed by atoms with Crippen LogP contribution in [-0.4, -0.2) is 22.9 Å². The molecule has 6 heteroatoms. The van der Waals surface area contributed by atoms with Gasteiger partial charge in [-0.2, -0.15) is 0 Å². The number of aromatic carboxylic acids is 1. The van der Waals surface area contributed by atoms with Gasteiger partial charge in [-0.1, -0.05) is 13.8 Å². The number of carboxylic acids is 1. The lowest BCUT2D eigenvalue weighted by Crippen LogP contribution is -2.36. The van der Waals surface area contributed by atoms with E-state index in [2.05, 4.69) is 0 Å². The Labute approximate surface area is 120 Å². The third-order valence-corrected chi connectivity index (χ3v) is 5.78. The number of hydrogen-bond donors (Lipinski definition) is 1. The van der Waals surface area contributed by atoms with Gasteiger partial charge in [-0.3, -0.25) is 9.59 Å². The van der Waals surface area contributed by atoms with E-state index in [0.717, 1.165) is 9.78 Å². The van der Waals surface area contributed by atoms with Gasteiger partial charge in [0.2, 0.25) is 11.8 Å². The van der Waals surface area contributed by atoms with Crippen molar-refractivity contribution < 1.29 is 19.5 Å². The van der Waals surface area contributed by atoms with Gasteiger partial charge in [-0.25, -0.2) is 9.69 Å². The molecule has 2 unspecified atom stereocenters. The topological polar surface area (TPSA) is 74.7 Å². The van der Waals surface area contributed by atoms with Gasteiger partial charge in [0.25, 0.3) is 0 Å². The van der Waals surface area contributed by atoms with Crippen LogP contribution in [0.3, 0.4) is 0 Å². The van der Waals surface area contributed by atoms with Crippen molar-refractivity contribution in [3.8, 4) is 0 Å². The second-order valence-corrected chi connectivity index (χ2v) is 7.26. The molecule has 0 radical (unpaired) electrons. The van der Waals surface area contributed by atoms with Crippen molar-refractivity contribution in [2.24, 2.45) is 17.3 Å². The summed E-state index contributed by atoms with van der Waals surface area (Å²) in [6.45, 7) is 7.30. The molecule has 0 spiro atoms. The average molecular weight is 293 g/mol. The molecule has 5 nitrogen and oxygen atoms in total. The SMILES string of the molecule is Cc1sc(N2C(=O)C3C(C2=O)C3(C)C)c(C(=O)O)c1C.